The number of carbonyl (C=O) groups excluding carboxylic acids is 2. The van der Waals surface area contributed by atoms with Crippen LogP contribution in [0.3, 0.4) is 0 Å². The number of benzene rings is 1. The zero-order chi connectivity index (χ0) is 41.6. The maximum atomic E-state index is 13.2. The maximum Gasteiger partial charge on any atom is 0.308 e. The molecule has 2 aliphatic heterocycles. The van der Waals surface area contributed by atoms with E-state index in [1.165, 1.54) is 0 Å². The van der Waals surface area contributed by atoms with Gasteiger partial charge in [-0.1, -0.05) is 49.7 Å². The summed E-state index contributed by atoms with van der Waals surface area (Å²) in [5.41, 5.74) is 2.26. The molecule has 3 heterocycles. The molecule has 4 N–H and O–H groups in total. The summed E-state index contributed by atoms with van der Waals surface area (Å²) in [4.78, 5) is 37.4. The molecule has 14 nitrogen and oxygen atoms in total. The van der Waals surface area contributed by atoms with Crippen molar-refractivity contribution in [3.63, 3.8) is 0 Å². The van der Waals surface area contributed by atoms with Crippen molar-refractivity contribution in [1.82, 2.24) is 9.88 Å². The fourth-order valence-corrected chi connectivity index (χ4v) is 7.63. The molecule has 14 heteroatoms. The Morgan fingerprint density at radius 3 is 2.54 bits per heavy atom. The van der Waals surface area contributed by atoms with E-state index in [1.807, 2.05) is 69.3 Å². The molecule has 1 fully saturated rings. The van der Waals surface area contributed by atoms with Crippen LogP contribution in [0.5, 0.6) is 5.75 Å². The smallest absolute Gasteiger partial charge is 0.308 e. The van der Waals surface area contributed by atoms with Crippen molar-refractivity contribution in [3.05, 3.63) is 60.3 Å². The molecule has 0 spiro atoms. The summed E-state index contributed by atoms with van der Waals surface area (Å²) in [6.45, 7) is 9.50. The number of fused-ring (bicyclic) bond motifs is 1. The molecule has 0 saturated carbocycles. The highest BCUT2D eigenvalue weighted by atomic mass is 16.7. The van der Waals surface area contributed by atoms with Crippen molar-refractivity contribution in [3.8, 4) is 5.75 Å². The number of aliphatic hydroxyl groups excluding tert-OH is 4. The van der Waals surface area contributed by atoms with Gasteiger partial charge in [0.1, 0.15) is 30.9 Å². The number of rotatable bonds is 13. The van der Waals surface area contributed by atoms with E-state index in [2.05, 4.69) is 10.1 Å². The molecular formula is C43H63N3O11. The van der Waals surface area contributed by atoms with Crippen LogP contribution in [0.2, 0.25) is 0 Å². The number of aliphatic hydroxyl groups is 4. The van der Waals surface area contributed by atoms with E-state index in [9.17, 15) is 30.0 Å². The zero-order valence-electron chi connectivity index (χ0n) is 34.3. The van der Waals surface area contributed by atoms with Crippen molar-refractivity contribution >= 4 is 28.9 Å². The number of likely N-dealkylation sites (N-methyl/N-ethyl adjacent to an activating group) is 1. The number of oxime groups is 1. The second-order valence-electron chi connectivity index (χ2n) is 15.6. The van der Waals surface area contributed by atoms with E-state index in [1.54, 1.807) is 39.0 Å². The van der Waals surface area contributed by atoms with Gasteiger partial charge in [-0.05, 0) is 77.0 Å². The lowest BCUT2D eigenvalue weighted by atomic mass is 9.79. The van der Waals surface area contributed by atoms with Crippen molar-refractivity contribution in [1.29, 1.82) is 0 Å². The normalized spacial score (nSPS) is 34.4. The number of cyclic esters (lactones) is 1. The van der Waals surface area contributed by atoms with Gasteiger partial charge in [0.05, 0.1) is 61.3 Å². The minimum Gasteiger partial charge on any atom is -0.493 e. The molecule has 0 radical (unpaired) electrons. The molecule has 4 rings (SSSR count). The quantitative estimate of drug-likeness (QED) is 0.0977. The molecule has 57 heavy (non-hydrogen) atoms. The van der Waals surface area contributed by atoms with Gasteiger partial charge in [-0.3, -0.25) is 9.78 Å². The monoisotopic (exact) mass is 797 g/mol. The average Bonchev–Trinajstić information content (AvgIpc) is 3.18. The van der Waals surface area contributed by atoms with Crippen LogP contribution in [0.4, 0.5) is 0 Å². The van der Waals surface area contributed by atoms with Crippen LogP contribution < -0.4 is 4.74 Å². The summed E-state index contributed by atoms with van der Waals surface area (Å²) in [5.74, 6) is -2.01. The summed E-state index contributed by atoms with van der Waals surface area (Å²) in [6.07, 6.45) is 2.04. The molecule has 1 aromatic carbocycles. The number of pyridine rings is 1. The van der Waals surface area contributed by atoms with Crippen LogP contribution in [-0.4, -0.2) is 131 Å². The Labute approximate surface area is 336 Å². The van der Waals surface area contributed by atoms with Crippen LogP contribution in [0.25, 0.3) is 10.9 Å². The van der Waals surface area contributed by atoms with E-state index < -0.39 is 72.7 Å². The van der Waals surface area contributed by atoms with Gasteiger partial charge in [-0.15, -0.1) is 0 Å². The van der Waals surface area contributed by atoms with Crippen LogP contribution in [0.15, 0.2) is 65.5 Å². The van der Waals surface area contributed by atoms with Gasteiger partial charge in [0, 0.05) is 42.2 Å². The molecule has 2 aromatic rings. The van der Waals surface area contributed by atoms with Gasteiger partial charge >= 0.3 is 5.97 Å². The number of aldehydes is 1. The first-order chi connectivity index (χ1) is 27.3. The fourth-order valence-electron chi connectivity index (χ4n) is 7.63. The highest BCUT2D eigenvalue weighted by Crippen LogP contribution is 2.34. The van der Waals surface area contributed by atoms with Gasteiger partial charge in [-0.2, -0.15) is 0 Å². The van der Waals surface area contributed by atoms with Gasteiger partial charge in [-0.25, -0.2) is 0 Å². The Bertz CT molecular complexity index is 1670. The maximum absolute atomic E-state index is 13.2. The number of hydrogen-bond donors (Lipinski definition) is 4. The molecule has 2 aliphatic rings. The predicted molar refractivity (Wildman–Crippen MR) is 215 cm³/mol. The molecule has 1 aromatic heterocycles. The Kier molecular flexibility index (Phi) is 18.1. The third-order valence-corrected chi connectivity index (χ3v) is 11.0. The predicted octanol–water partition coefficient (Wildman–Crippen LogP) is 4.22. The Balaban J connectivity index is 1.62. The van der Waals surface area contributed by atoms with Crippen molar-refractivity contribution in [2.24, 2.45) is 28.8 Å². The third kappa shape index (κ3) is 12.9. The molecule has 316 valence electrons. The molecule has 0 amide bonds. The number of esters is 1. The largest absolute Gasteiger partial charge is 0.493 e. The van der Waals surface area contributed by atoms with Crippen LogP contribution in [0.1, 0.15) is 66.7 Å². The second kappa shape index (κ2) is 22.4. The lowest BCUT2D eigenvalue weighted by Crippen LogP contribution is -2.63. The molecule has 0 bridgehead atoms. The topological polar surface area (TPSA) is 190 Å². The molecular weight excluding hydrogens is 734 g/mol. The zero-order valence-corrected chi connectivity index (χ0v) is 34.3. The summed E-state index contributed by atoms with van der Waals surface area (Å²) >= 11 is 0. The second-order valence-corrected chi connectivity index (χ2v) is 15.6. The Morgan fingerprint density at radius 1 is 1.07 bits per heavy atom. The van der Waals surface area contributed by atoms with Crippen molar-refractivity contribution in [2.75, 3.05) is 33.9 Å². The first-order valence-electron chi connectivity index (χ1n) is 20.1. The first kappa shape index (κ1) is 45.9. The first-order valence-corrected chi connectivity index (χ1v) is 20.1. The lowest BCUT2D eigenvalue weighted by Gasteiger charge is -2.46. The minimum absolute atomic E-state index is 0.0314. The van der Waals surface area contributed by atoms with E-state index in [4.69, 9.17) is 23.8 Å². The third-order valence-electron chi connectivity index (χ3n) is 11.0. The van der Waals surface area contributed by atoms with Crippen LogP contribution >= 0.6 is 0 Å². The average molecular weight is 798 g/mol. The van der Waals surface area contributed by atoms with Crippen molar-refractivity contribution < 1.29 is 53.8 Å². The van der Waals surface area contributed by atoms with Gasteiger partial charge in [0.2, 0.25) is 0 Å². The van der Waals surface area contributed by atoms with Crippen LogP contribution in [0, 0.1) is 23.7 Å². The number of aromatic nitrogens is 1. The minimum atomic E-state index is -1.28. The Morgan fingerprint density at radius 2 is 1.84 bits per heavy atom. The molecule has 12 atom stereocenters. The molecule has 0 aliphatic carbocycles. The van der Waals surface area contributed by atoms with Gasteiger partial charge in [0.25, 0.3) is 0 Å². The summed E-state index contributed by atoms with van der Waals surface area (Å²) < 4.78 is 24.3. The van der Waals surface area contributed by atoms with Crippen molar-refractivity contribution in [2.45, 2.75) is 116 Å². The number of nitrogens with zero attached hydrogens (tertiary/aromatic N) is 3. The molecule has 1 saturated heterocycles. The summed E-state index contributed by atoms with van der Waals surface area (Å²) in [6, 6.07) is 8.87. The van der Waals surface area contributed by atoms with Gasteiger partial charge in [0.15, 0.2) is 6.29 Å². The van der Waals surface area contributed by atoms with E-state index >= 15 is 0 Å². The summed E-state index contributed by atoms with van der Waals surface area (Å²) in [5, 5.41) is 49.6. The standard InChI is InChI=1S/C43H63N3O11/c1-8-37-32(25-48)21-26(2)12-14-34(45-54-20-10-19-53-33-13-15-35-30(23-33)11-9-17-44-35)27(3)22-31(16-18-47)42(28(4)36(49)24-38(50)56-37)57-43-41(52)39(46(6)7)40(51)29(5)55-43/h9,11-15,17-18,21,23,27-29,31-32,36-37,39-43,48-49,51-52H,8,10,16,19-20,22,24-25H2,1-7H3/b14-12+,26-21+,45-34-/t27-,28+,29-,31+,32-,36-,37-,39+,40-,41-,42-,43+/m1/s1. The van der Waals surface area contributed by atoms with E-state index in [-0.39, 0.29) is 32.0 Å². The fraction of sp³-hybridized carbons (Fsp3) is 0.628. The SMILES string of the molecule is CC[C@H]1OC(=O)C[C@@H](O)[C@H](C)[C@@H](O[C@@H]2O[C@H](C)[C@@H](O)[C@H](N(C)C)[C@H]2O)[C@@H](CC=O)C[C@@H](C)C(=N\OCCCOc2ccc3ncccc3c2)/C=C/C(C)=C/[C@@H]1CO. The number of allylic oxidation sites excluding steroid dienone is 3. The number of hydrogen-bond acceptors (Lipinski definition) is 14. The summed E-state index contributed by atoms with van der Waals surface area (Å²) in [7, 11) is 3.48. The Hall–Kier alpha value is -3.76. The number of carbonyl (C=O) groups is 2. The van der Waals surface area contributed by atoms with Gasteiger partial charge < -0.3 is 53.9 Å². The highest BCUT2D eigenvalue weighted by molar-refractivity contribution is 5.96. The molecule has 0 unspecified atom stereocenters. The van der Waals surface area contributed by atoms with E-state index in [0.717, 1.165) is 28.5 Å². The number of ether oxygens (including phenoxy) is 4. The van der Waals surface area contributed by atoms with E-state index in [0.29, 0.717) is 31.6 Å². The highest BCUT2D eigenvalue weighted by Gasteiger charge is 2.47. The van der Waals surface area contributed by atoms with Crippen LogP contribution in [-0.2, 0) is 28.6 Å². The lowest BCUT2D eigenvalue weighted by molar-refractivity contribution is -0.304.